The van der Waals surface area contributed by atoms with Crippen LogP contribution in [0.5, 0.6) is 5.75 Å². The maximum absolute atomic E-state index is 5.82. The molecule has 0 saturated heterocycles. The minimum atomic E-state index is 0.489. The molecule has 0 unspecified atom stereocenters. The lowest BCUT2D eigenvalue weighted by molar-refractivity contribution is 0.350. The number of ether oxygens (including phenoxy) is 1. The van der Waals surface area contributed by atoms with E-state index in [2.05, 4.69) is 32.7 Å². The smallest absolute Gasteiger partial charge is 0.134 e. The molecule has 1 aromatic carbocycles. The third-order valence-corrected chi connectivity index (χ3v) is 3.21. The number of hydrogen-bond acceptors (Lipinski definition) is 3. The second kappa shape index (κ2) is 5.27. The van der Waals surface area contributed by atoms with E-state index in [4.69, 9.17) is 10.5 Å². The van der Waals surface area contributed by atoms with Crippen LogP contribution in [0.15, 0.2) is 41.0 Å². The molecule has 1 aromatic heterocycles. The predicted octanol–water partition coefficient (Wildman–Crippen LogP) is 3.38. The zero-order valence-corrected chi connectivity index (χ0v) is 11.6. The molecule has 0 atom stereocenters. The van der Waals surface area contributed by atoms with Gasteiger partial charge in [0.05, 0.1) is 10.7 Å². The van der Waals surface area contributed by atoms with Crippen LogP contribution in [-0.2, 0) is 0 Å². The number of aromatic amines is 1. The summed E-state index contributed by atoms with van der Waals surface area (Å²) in [5, 5.41) is 6.63. The van der Waals surface area contributed by atoms with Crippen molar-refractivity contribution >= 4 is 21.7 Å². The van der Waals surface area contributed by atoms with Crippen LogP contribution in [0.2, 0.25) is 0 Å². The van der Waals surface area contributed by atoms with Crippen molar-refractivity contribution in [3.63, 3.8) is 0 Å². The molecule has 4 nitrogen and oxygen atoms in total. The van der Waals surface area contributed by atoms with Crippen molar-refractivity contribution in [3.8, 4) is 16.9 Å². The van der Waals surface area contributed by atoms with Crippen molar-refractivity contribution in [1.29, 1.82) is 0 Å². The van der Waals surface area contributed by atoms with Crippen LogP contribution in [-0.4, -0.2) is 16.8 Å². The maximum Gasteiger partial charge on any atom is 0.134 e. The van der Waals surface area contributed by atoms with E-state index in [9.17, 15) is 0 Å². The minimum absolute atomic E-state index is 0.489. The molecule has 0 aliphatic rings. The second-order valence-corrected chi connectivity index (χ2v) is 4.85. The molecule has 0 aliphatic carbocycles. The number of nitrogens with one attached hydrogen (secondary N) is 1. The number of rotatable bonds is 4. The van der Waals surface area contributed by atoms with E-state index in [1.165, 1.54) is 0 Å². The summed E-state index contributed by atoms with van der Waals surface area (Å²) in [6, 6.07) is 5.77. The summed E-state index contributed by atoms with van der Waals surface area (Å²) in [4.78, 5) is 0. The Morgan fingerprint density at radius 3 is 2.89 bits per heavy atom. The monoisotopic (exact) mass is 307 g/mol. The molecule has 0 bridgehead atoms. The average Bonchev–Trinajstić information content (AvgIpc) is 2.74. The third-order valence-electron chi connectivity index (χ3n) is 2.40. The lowest BCUT2D eigenvalue weighted by atomic mass is 10.1. The van der Waals surface area contributed by atoms with Crippen LogP contribution in [0.1, 0.15) is 6.92 Å². The molecule has 5 heteroatoms. The first kappa shape index (κ1) is 12.7. The number of halogens is 1. The predicted molar refractivity (Wildman–Crippen MR) is 76.4 cm³/mol. The number of hydrogen-bond donors (Lipinski definition) is 2. The molecule has 94 valence electrons. The highest BCUT2D eigenvalue weighted by Crippen LogP contribution is 2.37. The van der Waals surface area contributed by atoms with E-state index in [0.29, 0.717) is 12.4 Å². The molecule has 0 radical (unpaired) electrons. The summed E-state index contributed by atoms with van der Waals surface area (Å²) in [7, 11) is 0. The van der Waals surface area contributed by atoms with Crippen molar-refractivity contribution < 1.29 is 4.74 Å². The van der Waals surface area contributed by atoms with Crippen LogP contribution < -0.4 is 10.5 Å². The summed E-state index contributed by atoms with van der Waals surface area (Å²) in [5.74, 6) is 1.30. The molecule has 2 aromatic rings. The number of nitrogens with two attached hydrogens (primary N) is 1. The van der Waals surface area contributed by atoms with E-state index < -0.39 is 0 Å². The van der Waals surface area contributed by atoms with Gasteiger partial charge in [0.1, 0.15) is 18.2 Å². The Hall–Kier alpha value is -1.75. The van der Waals surface area contributed by atoms with Crippen LogP contribution in [0.25, 0.3) is 11.1 Å². The fourth-order valence-electron chi connectivity index (χ4n) is 1.54. The van der Waals surface area contributed by atoms with Crippen LogP contribution >= 0.6 is 15.9 Å². The van der Waals surface area contributed by atoms with Crippen molar-refractivity contribution in [1.82, 2.24) is 10.2 Å². The summed E-state index contributed by atoms with van der Waals surface area (Å²) in [5.41, 5.74) is 8.58. The van der Waals surface area contributed by atoms with Crippen molar-refractivity contribution in [3.05, 3.63) is 41.0 Å². The molecule has 0 spiro atoms. The molecule has 0 fully saturated rings. The molecule has 2 rings (SSSR count). The van der Waals surface area contributed by atoms with E-state index in [1.54, 1.807) is 6.20 Å². The molecule has 0 amide bonds. The molecule has 0 aliphatic heterocycles. The van der Waals surface area contributed by atoms with E-state index in [-0.39, 0.29) is 0 Å². The highest BCUT2D eigenvalue weighted by molar-refractivity contribution is 9.10. The fraction of sp³-hybridized carbons (Fsp3) is 0.154. The Morgan fingerprint density at radius 2 is 2.28 bits per heavy atom. The molecule has 1 heterocycles. The van der Waals surface area contributed by atoms with E-state index >= 15 is 0 Å². The van der Waals surface area contributed by atoms with Gasteiger partial charge in [0.2, 0.25) is 0 Å². The molecular formula is C13H14BrN3O. The number of nitrogens with zero attached hydrogens (tertiary/aromatic N) is 1. The molecule has 18 heavy (non-hydrogen) atoms. The lowest BCUT2D eigenvalue weighted by Gasteiger charge is -2.11. The molecular weight excluding hydrogens is 294 g/mol. The lowest BCUT2D eigenvalue weighted by Crippen LogP contribution is -1.99. The standard InChI is InChI=1S/C13H14BrN3O/c1-8(2)7-18-11-5-3-4-9(12(11)14)10-6-16-17-13(10)15/h3-6H,1,7H2,2H3,(H3,15,16,17). The number of H-pyrrole nitrogens is 1. The van der Waals surface area contributed by atoms with Gasteiger partial charge in [0.25, 0.3) is 0 Å². The zero-order chi connectivity index (χ0) is 13.1. The Bertz CT molecular complexity index is 577. The number of anilines is 1. The summed E-state index contributed by atoms with van der Waals surface area (Å²) in [6.07, 6.45) is 1.69. The van der Waals surface area contributed by atoms with Crippen LogP contribution in [0.4, 0.5) is 5.82 Å². The van der Waals surface area contributed by atoms with E-state index in [1.807, 2.05) is 25.1 Å². The summed E-state index contributed by atoms with van der Waals surface area (Å²) < 4.78 is 6.52. The quantitative estimate of drug-likeness (QED) is 0.851. The maximum atomic E-state index is 5.82. The first-order valence-corrected chi connectivity index (χ1v) is 6.24. The third kappa shape index (κ3) is 2.56. The van der Waals surface area contributed by atoms with Crippen molar-refractivity contribution in [2.75, 3.05) is 12.3 Å². The van der Waals surface area contributed by atoms with Gasteiger partial charge in [0, 0.05) is 11.1 Å². The SMILES string of the molecule is C=C(C)COc1cccc(-c2cn[nH]c2N)c1Br. The van der Waals surface area contributed by atoms with Gasteiger partial charge in [-0.15, -0.1) is 0 Å². The van der Waals surface area contributed by atoms with Gasteiger partial charge in [-0.05, 0) is 34.5 Å². The Labute approximate surface area is 114 Å². The molecule has 3 N–H and O–H groups in total. The Kier molecular flexibility index (Phi) is 3.72. The number of nitrogen functional groups attached to an aromatic ring is 1. The zero-order valence-electron chi connectivity index (χ0n) is 10.0. The Balaban J connectivity index is 2.36. The average molecular weight is 308 g/mol. The topological polar surface area (TPSA) is 63.9 Å². The highest BCUT2D eigenvalue weighted by Gasteiger charge is 2.12. The van der Waals surface area contributed by atoms with Crippen LogP contribution in [0, 0.1) is 0 Å². The fourth-order valence-corrected chi connectivity index (χ4v) is 2.13. The van der Waals surface area contributed by atoms with Gasteiger partial charge >= 0.3 is 0 Å². The summed E-state index contributed by atoms with van der Waals surface area (Å²) in [6.45, 7) is 6.22. The number of benzene rings is 1. The van der Waals surface area contributed by atoms with Gasteiger partial charge < -0.3 is 10.5 Å². The van der Waals surface area contributed by atoms with Gasteiger partial charge in [-0.2, -0.15) is 5.10 Å². The molecule has 0 saturated carbocycles. The Morgan fingerprint density at radius 1 is 1.50 bits per heavy atom. The van der Waals surface area contributed by atoms with Gasteiger partial charge in [-0.1, -0.05) is 18.7 Å². The summed E-state index contributed by atoms with van der Waals surface area (Å²) >= 11 is 3.54. The highest BCUT2D eigenvalue weighted by atomic mass is 79.9. The normalized spacial score (nSPS) is 10.3. The number of aromatic nitrogens is 2. The van der Waals surface area contributed by atoms with Gasteiger partial charge in [-0.25, -0.2) is 0 Å². The largest absolute Gasteiger partial charge is 0.488 e. The van der Waals surface area contributed by atoms with Crippen molar-refractivity contribution in [2.24, 2.45) is 0 Å². The van der Waals surface area contributed by atoms with Crippen LogP contribution in [0.3, 0.4) is 0 Å². The first-order chi connectivity index (χ1) is 8.59. The second-order valence-electron chi connectivity index (χ2n) is 4.06. The van der Waals surface area contributed by atoms with E-state index in [0.717, 1.165) is 26.9 Å². The minimum Gasteiger partial charge on any atom is -0.488 e. The van der Waals surface area contributed by atoms with Gasteiger partial charge in [0.15, 0.2) is 0 Å². The van der Waals surface area contributed by atoms with Crippen molar-refractivity contribution in [2.45, 2.75) is 6.92 Å². The van der Waals surface area contributed by atoms with Gasteiger partial charge in [-0.3, -0.25) is 5.10 Å². The first-order valence-electron chi connectivity index (χ1n) is 5.44.